The number of halogens is 1. The summed E-state index contributed by atoms with van der Waals surface area (Å²) < 4.78 is 18.2. The van der Waals surface area contributed by atoms with Gasteiger partial charge in [-0.3, -0.25) is 9.59 Å². The molecule has 0 aromatic heterocycles. The first-order chi connectivity index (χ1) is 10.1. The quantitative estimate of drug-likeness (QED) is 0.881. The second kappa shape index (κ2) is 7.06. The van der Waals surface area contributed by atoms with E-state index < -0.39 is 12.1 Å². The number of ether oxygens (including phenoxy) is 1. The van der Waals surface area contributed by atoms with Gasteiger partial charge in [0.25, 0.3) is 5.91 Å². The van der Waals surface area contributed by atoms with Crippen LogP contribution in [-0.2, 0) is 9.59 Å². The number of amides is 2. The molecule has 2 rings (SSSR count). The van der Waals surface area contributed by atoms with Crippen molar-refractivity contribution in [3.05, 3.63) is 30.1 Å². The van der Waals surface area contributed by atoms with Crippen LogP contribution < -0.4 is 15.4 Å². The molecule has 0 bridgehead atoms. The van der Waals surface area contributed by atoms with Crippen molar-refractivity contribution in [2.75, 3.05) is 6.54 Å². The first-order valence-corrected chi connectivity index (χ1v) is 7.06. The highest BCUT2D eigenvalue weighted by Gasteiger charge is 2.25. The predicted molar refractivity (Wildman–Crippen MR) is 75.3 cm³/mol. The molecule has 2 N–H and O–H groups in total. The molecule has 0 radical (unpaired) electrons. The molecule has 1 aliphatic heterocycles. The summed E-state index contributed by atoms with van der Waals surface area (Å²) in [6, 6.07) is 4.92. The predicted octanol–water partition coefficient (Wildman–Crippen LogP) is 1.38. The van der Waals surface area contributed by atoms with E-state index in [4.69, 9.17) is 4.74 Å². The van der Waals surface area contributed by atoms with Gasteiger partial charge in [0, 0.05) is 6.54 Å². The van der Waals surface area contributed by atoms with Gasteiger partial charge in [0.1, 0.15) is 17.6 Å². The third-order valence-electron chi connectivity index (χ3n) is 3.35. The molecule has 5 nitrogen and oxygen atoms in total. The summed E-state index contributed by atoms with van der Waals surface area (Å²) in [5, 5.41) is 5.45. The van der Waals surface area contributed by atoms with E-state index in [2.05, 4.69) is 10.6 Å². The monoisotopic (exact) mass is 294 g/mol. The average Bonchev–Trinajstić information content (AvgIpc) is 2.66. The van der Waals surface area contributed by atoms with Crippen molar-refractivity contribution in [3.8, 4) is 5.75 Å². The lowest BCUT2D eigenvalue weighted by molar-refractivity contribution is -0.132. The smallest absolute Gasteiger partial charge is 0.261 e. The van der Waals surface area contributed by atoms with Gasteiger partial charge in [0.05, 0.1) is 0 Å². The fourth-order valence-corrected chi connectivity index (χ4v) is 2.14. The SMILES string of the molecule is CC(Oc1ccc(F)cc1)C(=O)NC1CCCCNC1=O. The Balaban J connectivity index is 1.89. The van der Waals surface area contributed by atoms with E-state index in [0.29, 0.717) is 18.7 Å². The standard InChI is InChI=1S/C15H19FN2O3/c1-10(21-12-7-5-11(16)6-8-12)14(19)18-13-4-2-3-9-17-15(13)20/h5-8,10,13H,2-4,9H2,1H3,(H,17,20)(H,18,19). The van der Waals surface area contributed by atoms with E-state index in [1.54, 1.807) is 6.92 Å². The minimum Gasteiger partial charge on any atom is -0.481 e. The van der Waals surface area contributed by atoms with Crippen molar-refractivity contribution in [1.29, 1.82) is 0 Å². The Kier molecular flexibility index (Phi) is 5.14. The second-order valence-corrected chi connectivity index (χ2v) is 5.06. The number of hydrogen-bond acceptors (Lipinski definition) is 3. The van der Waals surface area contributed by atoms with Crippen LogP contribution in [0.15, 0.2) is 24.3 Å². The van der Waals surface area contributed by atoms with Gasteiger partial charge in [-0.15, -0.1) is 0 Å². The normalized spacial score (nSPS) is 20.1. The molecular weight excluding hydrogens is 275 g/mol. The zero-order chi connectivity index (χ0) is 15.2. The van der Waals surface area contributed by atoms with Gasteiger partial charge in [0.15, 0.2) is 6.10 Å². The fourth-order valence-electron chi connectivity index (χ4n) is 2.14. The molecular formula is C15H19FN2O3. The highest BCUT2D eigenvalue weighted by atomic mass is 19.1. The molecule has 6 heteroatoms. The van der Waals surface area contributed by atoms with Crippen LogP contribution in [0.1, 0.15) is 26.2 Å². The molecule has 0 spiro atoms. The third kappa shape index (κ3) is 4.44. The Morgan fingerprint density at radius 1 is 1.38 bits per heavy atom. The summed E-state index contributed by atoms with van der Waals surface area (Å²) in [4.78, 5) is 23.8. The fraction of sp³-hybridized carbons (Fsp3) is 0.467. The minimum absolute atomic E-state index is 0.158. The van der Waals surface area contributed by atoms with Crippen molar-refractivity contribution >= 4 is 11.8 Å². The molecule has 114 valence electrons. The van der Waals surface area contributed by atoms with Crippen molar-refractivity contribution < 1.29 is 18.7 Å². The van der Waals surface area contributed by atoms with Crippen LogP contribution in [0, 0.1) is 5.82 Å². The summed E-state index contributed by atoms with van der Waals surface area (Å²) in [6.45, 7) is 2.24. The maximum atomic E-state index is 12.8. The largest absolute Gasteiger partial charge is 0.481 e. The molecule has 1 aromatic carbocycles. The summed E-state index contributed by atoms with van der Waals surface area (Å²) in [6.07, 6.45) is 1.67. The topological polar surface area (TPSA) is 67.4 Å². The maximum Gasteiger partial charge on any atom is 0.261 e. The van der Waals surface area contributed by atoms with Crippen molar-refractivity contribution in [1.82, 2.24) is 10.6 Å². The third-order valence-corrected chi connectivity index (χ3v) is 3.35. The number of nitrogens with one attached hydrogen (secondary N) is 2. The number of carbonyl (C=O) groups is 2. The van der Waals surface area contributed by atoms with Crippen molar-refractivity contribution in [2.24, 2.45) is 0 Å². The van der Waals surface area contributed by atoms with E-state index in [-0.39, 0.29) is 17.6 Å². The van der Waals surface area contributed by atoms with Gasteiger partial charge in [-0.25, -0.2) is 4.39 Å². The lowest BCUT2D eigenvalue weighted by atomic mass is 10.1. The van der Waals surface area contributed by atoms with Gasteiger partial charge < -0.3 is 15.4 Å². The lowest BCUT2D eigenvalue weighted by Gasteiger charge is -2.19. The van der Waals surface area contributed by atoms with Crippen LogP contribution >= 0.6 is 0 Å². The minimum atomic E-state index is -0.758. The second-order valence-electron chi connectivity index (χ2n) is 5.06. The average molecular weight is 294 g/mol. The van der Waals surface area contributed by atoms with Crippen LogP contribution in [0.4, 0.5) is 4.39 Å². The van der Waals surface area contributed by atoms with Gasteiger partial charge >= 0.3 is 0 Å². The van der Waals surface area contributed by atoms with Crippen LogP contribution in [0.3, 0.4) is 0 Å². The molecule has 1 aliphatic rings. The number of rotatable bonds is 4. The molecule has 1 fully saturated rings. The Hall–Kier alpha value is -2.11. The zero-order valence-corrected chi connectivity index (χ0v) is 11.9. The molecule has 0 aliphatic carbocycles. The summed E-state index contributed by atoms with van der Waals surface area (Å²) in [7, 11) is 0. The van der Waals surface area contributed by atoms with E-state index in [1.807, 2.05) is 0 Å². The molecule has 2 amide bonds. The number of carbonyl (C=O) groups excluding carboxylic acids is 2. The molecule has 0 saturated carbocycles. The molecule has 2 unspecified atom stereocenters. The van der Waals surface area contributed by atoms with E-state index in [9.17, 15) is 14.0 Å². The number of benzene rings is 1. The van der Waals surface area contributed by atoms with E-state index >= 15 is 0 Å². The Morgan fingerprint density at radius 3 is 2.81 bits per heavy atom. The van der Waals surface area contributed by atoms with Crippen LogP contribution in [0.2, 0.25) is 0 Å². The van der Waals surface area contributed by atoms with Gasteiger partial charge in [0.2, 0.25) is 5.91 Å². The summed E-state index contributed by atoms with van der Waals surface area (Å²) in [5.41, 5.74) is 0. The molecule has 1 saturated heterocycles. The Morgan fingerprint density at radius 2 is 2.10 bits per heavy atom. The maximum absolute atomic E-state index is 12.8. The van der Waals surface area contributed by atoms with E-state index in [1.165, 1.54) is 24.3 Å². The highest BCUT2D eigenvalue weighted by Crippen LogP contribution is 2.13. The van der Waals surface area contributed by atoms with Gasteiger partial charge in [-0.2, -0.15) is 0 Å². The first kappa shape index (κ1) is 15.3. The van der Waals surface area contributed by atoms with Gasteiger partial charge in [-0.1, -0.05) is 0 Å². The summed E-state index contributed by atoms with van der Waals surface area (Å²) in [5.74, 6) is -0.477. The van der Waals surface area contributed by atoms with E-state index in [0.717, 1.165) is 12.8 Å². The highest BCUT2D eigenvalue weighted by molar-refractivity contribution is 5.89. The van der Waals surface area contributed by atoms with Crippen LogP contribution in [-0.4, -0.2) is 30.5 Å². The molecule has 1 aromatic rings. The van der Waals surface area contributed by atoms with Crippen molar-refractivity contribution in [3.63, 3.8) is 0 Å². The number of hydrogen-bond donors (Lipinski definition) is 2. The van der Waals surface area contributed by atoms with Crippen LogP contribution in [0.25, 0.3) is 0 Å². The zero-order valence-electron chi connectivity index (χ0n) is 11.9. The molecule has 1 heterocycles. The summed E-state index contributed by atoms with van der Waals surface area (Å²) >= 11 is 0. The van der Waals surface area contributed by atoms with Crippen molar-refractivity contribution in [2.45, 2.75) is 38.3 Å². The lowest BCUT2D eigenvalue weighted by Crippen LogP contribution is -2.49. The van der Waals surface area contributed by atoms with Gasteiger partial charge in [-0.05, 0) is 50.5 Å². The first-order valence-electron chi connectivity index (χ1n) is 7.06. The molecule has 2 atom stereocenters. The Bertz CT molecular complexity index is 504. The van der Waals surface area contributed by atoms with Crippen LogP contribution in [0.5, 0.6) is 5.75 Å². The Labute approximate surface area is 122 Å². The molecule has 21 heavy (non-hydrogen) atoms.